The second-order valence-electron chi connectivity index (χ2n) is 4.11. The molecule has 0 fully saturated rings. The molecule has 1 amide bonds. The molecule has 5 heteroatoms. The quantitative estimate of drug-likeness (QED) is 0.356. The lowest BCUT2D eigenvalue weighted by Gasteiger charge is -2.18. The fraction of sp³-hybridized carbons (Fsp3) is 0.692. The van der Waals surface area contributed by atoms with Crippen molar-refractivity contribution in [2.45, 2.75) is 25.7 Å². The number of carbonyl (C=O) groups is 2. The van der Waals surface area contributed by atoms with Crippen molar-refractivity contribution in [1.82, 2.24) is 4.90 Å². The van der Waals surface area contributed by atoms with E-state index in [1.807, 2.05) is 0 Å². The summed E-state index contributed by atoms with van der Waals surface area (Å²) in [6.07, 6.45) is 2.34. The van der Waals surface area contributed by atoms with E-state index < -0.39 is 0 Å². The van der Waals surface area contributed by atoms with E-state index in [4.69, 9.17) is 4.74 Å². The summed E-state index contributed by atoms with van der Waals surface area (Å²) >= 11 is 0. The van der Waals surface area contributed by atoms with E-state index in [2.05, 4.69) is 11.3 Å². The average Bonchev–Trinajstić information content (AvgIpc) is 2.39. The summed E-state index contributed by atoms with van der Waals surface area (Å²) in [6.45, 7) is 5.07. The van der Waals surface area contributed by atoms with Gasteiger partial charge in [-0.05, 0) is 19.3 Å². The van der Waals surface area contributed by atoms with Gasteiger partial charge >= 0.3 is 5.97 Å². The molecule has 0 saturated carbocycles. The minimum Gasteiger partial charge on any atom is -0.469 e. The van der Waals surface area contributed by atoms with Gasteiger partial charge in [0.25, 0.3) is 0 Å². The van der Waals surface area contributed by atoms with E-state index in [-0.39, 0.29) is 18.3 Å². The zero-order chi connectivity index (χ0) is 14.0. The average molecular weight is 257 g/mol. The van der Waals surface area contributed by atoms with Gasteiger partial charge in [0.15, 0.2) is 0 Å². The Morgan fingerprint density at radius 3 is 2.39 bits per heavy atom. The van der Waals surface area contributed by atoms with Crippen molar-refractivity contribution >= 4 is 11.9 Å². The molecule has 0 saturated heterocycles. The molecular weight excluding hydrogens is 234 g/mol. The van der Waals surface area contributed by atoms with Crippen LogP contribution in [0.25, 0.3) is 0 Å². The SMILES string of the molecule is C=C(CCC(=O)OC)C(=O)N(C)CCCCOC. The standard InChI is InChI=1S/C13H23NO4/c1-11(7-8-12(15)18-4)13(16)14(2)9-5-6-10-17-3/h1,5-10H2,2-4H3. The number of nitrogens with zero attached hydrogens (tertiary/aromatic N) is 1. The number of unbranched alkanes of at least 4 members (excludes halogenated alkanes) is 1. The van der Waals surface area contributed by atoms with E-state index in [0.717, 1.165) is 12.8 Å². The molecule has 0 aromatic rings. The van der Waals surface area contributed by atoms with Gasteiger partial charge in [0, 0.05) is 39.3 Å². The molecule has 0 aliphatic heterocycles. The number of amides is 1. The van der Waals surface area contributed by atoms with Gasteiger partial charge in [-0.15, -0.1) is 0 Å². The smallest absolute Gasteiger partial charge is 0.305 e. The van der Waals surface area contributed by atoms with Crippen LogP contribution in [-0.2, 0) is 19.1 Å². The summed E-state index contributed by atoms with van der Waals surface area (Å²) in [5, 5.41) is 0. The van der Waals surface area contributed by atoms with Crippen molar-refractivity contribution in [1.29, 1.82) is 0 Å². The van der Waals surface area contributed by atoms with Gasteiger partial charge in [0.1, 0.15) is 0 Å². The van der Waals surface area contributed by atoms with E-state index in [0.29, 0.717) is 25.1 Å². The maximum absolute atomic E-state index is 11.9. The monoisotopic (exact) mass is 257 g/mol. The van der Waals surface area contributed by atoms with Crippen molar-refractivity contribution in [3.05, 3.63) is 12.2 Å². The lowest BCUT2D eigenvalue weighted by Crippen LogP contribution is -2.29. The van der Waals surface area contributed by atoms with Crippen LogP contribution in [0.4, 0.5) is 0 Å². The molecule has 0 radical (unpaired) electrons. The van der Waals surface area contributed by atoms with Crippen LogP contribution < -0.4 is 0 Å². The van der Waals surface area contributed by atoms with Crippen molar-refractivity contribution < 1.29 is 19.1 Å². The van der Waals surface area contributed by atoms with Crippen LogP contribution in [0.2, 0.25) is 0 Å². The van der Waals surface area contributed by atoms with Crippen LogP contribution in [-0.4, -0.2) is 51.2 Å². The maximum Gasteiger partial charge on any atom is 0.305 e. The third-order valence-electron chi connectivity index (χ3n) is 2.60. The van der Waals surface area contributed by atoms with E-state index in [1.165, 1.54) is 7.11 Å². The number of hydrogen-bond acceptors (Lipinski definition) is 4. The van der Waals surface area contributed by atoms with Crippen LogP contribution in [0.5, 0.6) is 0 Å². The Hall–Kier alpha value is -1.36. The number of esters is 1. The van der Waals surface area contributed by atoms with Gasteiger partial charge in [-0.25, -0.2) is 0 Å². The molecule has 0 atom stereocenters. The molecule has 0 rings (SSSR count). The molecule has 0 bridgehead atoms. The third kappa shape index (κ3) is 7.06. The number of methoxy groups -OCH3 is 2. The zero-order valence-electron chi connectivity index (χ0n) is 11.5. The first-order chi connectivity index (χ1) is 8.52. The first-order valence-electron chi connectivity index (χ1n) is 6.02. The van der Waals surface area contributed by atoms with Crippen LogP contribution in [0, 0.1) is 0 Å². The van der Waals surface area contributed by atoms with Crippen molar-refractivity contribution in [3.63, 3.8) is 0 Å². The second-order valence-corrected chi connectivity index (χ2v) is 4.11. The lowest BCUT2D eigenvalue weighted by molar-refractivity contribution is -0.140. The molecular formula is C13H23NO4. The van der Waals surface area contributed by atoms with Crippen molar-refractivity contribution in [2.24, 2.45) is 0 Å². The molecule has 0 N–H and O–H groups in total. The summed E-state index contributed by atoms with van der Waals surface area (Å²) in [5.74, 6) is -0.442. The topological polar surface area (TPSA) is 55.8 Å². The summed E-state index contributed by atoms with van der Waals surface area (Å²) in [7, 11) is 4.72. The van der Waals surface area contributed by atoms with E-state index >= 15 is 0 Å². The number of rotatable bonds is 9. The van der Waals surface area contributed by atoms with Gasteiger partial charge in [-0.1, -0.05) is 6.58 Å². The second kappa shape index (κ2) is 9.65. The number of ether oxygens (including phenoxy) is 2. The van der Waals surface area contributed by atoms with Gasteiger partial charge in [0.2, 0.25) is 5.91 Å². The van der Waals surface area contributed by atoms with Gasteiger partial charge in [-0.2, -0.15) is 0 Å². The fourth-order valence-corrected chi connectivity index (χ4v) is 1.43. The molecule has 0 aromatic heterocycles. The minimum absolute atomic E-state index is 0.115. The Balaban J connectivity index is 3.89. The molecule has 0 heterocycles. The minimum atomic E-state index is -0.327. The highest BCUT2D eigenvalue weighted by atomic mass is 16.5. The Bertz CT molecular complexity index is 289. The largest absolute Gasteiger partial charge is 0.469 e. The zero-order valence-corrected chi connectivity index (χ0v) is 11.5. The van der Waals surface area contributed by atoms with Crippen molar-refractivity contribution in [3.8, 4) is 0 Å². The lowest BCUT2D eigenvalue weighted by atomic mass is 10.1. The normalized spacial score (nSPS) is 9.94. The third-order valence-corrected chi connectivity index (χ3v) is 2.60. The Labute approximate surface area is 109 Å². The molecule has 18 heavy (non-hydrogen) atoms. The first-order valence-corrected chi connectivity index (χ1v) is 6.02. The van der Waals surface area contributed by atoms with Gasteiger partial charge in [0.05, 0.1) is 7.11 Å². The van der Waals surface area contributed by atoms with Crippen molar-refractivity contribution in [2.75, 3.05) is 34.4 Å². The highest BCUT2D eigenvalue weighted by molar-refractivity contribution is 5.93. The van der Waals surface area contributed by atoms with Crippen LogP contribution in [0.1, 0.15) is 25.7 Å². The predicted octanol–water partition coefficient (Wildman–Crippen LogP) is 1.38. The number of carbonyl (C=O) groups excluding carboxylic acids is 2. The molecule has 0 aliphatic carbocycles. The molecule has 0 spiro atoms. The maximum atomic E-state index is 11.9. The fourth-order valence-electron chi connectivity index (χ4n) is 1.43. The Morgan fingerprint density at radius 1 is 1.17 bits per heavy atom. The van der Waals surface area contributed by atoms with Crippen LogP contribution >= 0.6 is 0 Å². The molecule has 104 valence electrons. The molecule has 0 aromatic carbocycles. The summed E-state index contributed by atoms with van der Waals surface area (Å²) in [5.41, 5.74) is 0.439. The van der Waals surface area contributed by atoms with E-state index in [9.17, 15) is 9.59 Å². The highest BCUT2D eigenvalue weighted by Gasteiger charge is 2.13. The Kier molecular flexibility index (Phi) is 8.92. The van der Waals surface area contributed by atoms with E-state index in [1.54, 1.807) is 19.1 Å². The summed E-state index contributed by atoms with van der Waals surface area (Å²) in [6, 6.07) is 0. The molecule has 5 nitrogen and oxygen atoms in total. The Morgan fingerprint density at radius 2 is 1.83 bits per heavy atom. The van der Waals surface area contributed by atoms with Gasteiger partial charge < -0.3 is 14.4 Å². The first kappa shape index (κ1) is 16.6. The van der Waals surface area contributed by atoms with Gasteiger partial charge in [-0.3, -0.25) is 9.59 Å². The summed E-state index contributed by atoms with van der Waals surface area (Å²) in [4.78, 5) is 24.4. The number of likely N-dealkylation sites (N-methyl/N-ethyl adjacent to an activating group) is 1. The molecule has 0 unspecified atom stereocenters. The molecule has 0 aliphatic rings. The predicted molar refractivity (Wildman–Crippen MR) is 69.1 cm³/mol. The van der Waals surface area contributed by atoms with Crippen LogP contribution in [0.15, 0.2) is 12.2 Å². The highest BCUT2D eigenvalue weighted by Crippen LogP contribution is 2.07. The summed E-state index contributed by atoms with van der Waals surface area (Å²) < 4.78 is 9.45. The number of hydrogen-bond donors (Lipinski definition) is 0. The van der Waals surface area contributed by atoms with Crippen LogP contribution in [0.3, 0.4) is 0 Å².